The number of nitrogens with one attached hydrogen (secondary N) is 1. The number of aromatic nitrogens is 3. The highest BCUT2D eigenvalue weighted by Crippen LogP contribution is 2.18. The second-order valence-corrected chi connectivity index (χ2v) is 4.08. The fraction of sp³-hybridized carbons (Fsp3) is 0.250. The van der Waals surface area contributed by atoms with Crippen molar-refractivity contribution < 1.29 is 4.79 Å². The Morgan fingerprint density at radius 3 is 2.94 bits per heavy atom. The Morgan fingerprint density at radius 1 is 1.39 bits per heavy atom. The molecule has 0 fully saturated rings. The van der Waals surface area contributed by atoms with Crippen molar-refractivity contribution in [3.63, 3.8) is 0 Å². The van der Waals surface area contributed by atoms with E-state index >= 15 is 0 Å². The zero-order valence-corrected chi connectivity index (χ0v) is 10.5. The minimum absolute atomic E-state index is 0.0526. The first kappa shape index (κ1) is 12.6. The van der Waals surface area contributed by atoms with E-state index in [4.69, 9.17) is 11.6 Å². The molecule has 1 aromatic carbocycles. The van der Waals surface area contributed by atoms with Crippen LogP contribution >= 0.6 is 11.6 Å². The van der Waals surface area contributed by atoms with Crippen molar-refractivity contribution in [1.29, 1.82) is 0 Å². The monoisotopic (exact) mass is 264 g/mol. The van der Waals surface area contributed by atoms with Gasteiger partial charge >= 0.3 is 0 Å². The fourth-order valence-electron chi connectivity index (χ4n) is 1.56. The highest BCUT2D eigenvalue weighted by molar-refractivity contribution is 6.18. The quantitative estimate of drug-likeness (QED) is 0.843. The lowest BCUT2D eigenvalue weighted by Gasteiger charge is -2.10. The van der Waals surface area contributed by atoms with Gasteiger partial charge in [0.1, 0.15) is 0 Å². The van der Waals surface area contributed by atoms with Gasteiger partial charge in [-0.3, -0.25) is 4.79 Å². The zero-order chi connectivity index (χ0) is 12.8. The number of hydrogen-bond acceptors (Lipinski definition) is 3. The molecular formula is C12H13ClN4O. The molecule has 0 aliphatic carbocycles. The summed E-state index contributed by atoms with van der Waals surface area (Å²) in [5.41, 5.74) is 1.50. The van der Waals surface area contributed by atoms with Crippen LogP contribution in [0, 0.1) is 0 Å². The summed E-state index contributed by atoms with van der Waals surface area (Å²) in [5.74, 6) is 0.432. The van der Waals surface area contributed by atoms with Crippen LogP contribution < -0.4 is 5.32 Å². The van der Waals surface area contributed by atoms with E-state index in [0.29, 0.717) is 24.4 Å². The third-order valence-electron chi connectivity index (χ3n) is 2.38. The molecule has 1 N–H and O–H groups in total. The van der Waals surface area contributed by atoms with E-state index in [1.165, 1.54) is 0 Å². The second-order valence-electron chi connectivity index (χ2n) is 3.71. The third kappa shape index (κ3) is 3.07. The number of halogens is 1. The molecule has 0 unspecified atom stereocenters. The van der Waals surface area contributed by atoms with E-state index in [9.17, 15) is 4.79 Å². The SMILES string of the molecule is O=C(CCCCl)Nc1ccccc1-n1ccnn1. The van der Waals surface area contributed by atoms with Crippen LogP contribution in [0.3, 0.4) is 0 Å². The van der Waals surface area contributed by atoms with Crippen LogP contribution in [-0.4, -0.2) is 26.8 Å². The standard InChI is InChI=1S/C12H13ClN4O/c13-7-3-6-12(18)15-10-4-1-2-5-11(10)17-9-8-14-16-17/h1-2,4-5,8-9H,3,6-7H2,(H,15,18). The number of carbonyl (C=O) groups excluding carboxylic acids is 1. The van der Waals surface area contributed by atoms with Crippen LogP contribution in [-0.2, 0) is 4.79 Å². The number of hydrogen-bond donors (Lipinski definition) is 1. The lowest BCUT2D eigenvalue weighted by Crippen LogP contribution is -2.13. The number of benzene rings is 1. The molecular weight excluding hydrogens is 252 g/mol. The van der Waals surface area contributed by atoms with Crippen LogP contribution in [0.2, 0.25) is 0 Å². The molecule has 0 aliphatic heterocycles. The zero-order valence-electron chi connectivity index (χ0n) is 9.71. The number of amides is 1. The van der Waals surface area contributed by atoms with Crippen molar-refractivity contribution >= 4 is 23.2 Å². The van der Waals surface area contributed by atoms with E-state index in [-0.39, 0.29) is 5.91 Å². The molecule has 0 saturated heterocycles. The first-order chi connectivity index (χ1) is 8.81. The molecule has 0 atom stereocenters. The smallest absolute Gasteiger partial charge is 0.224 e. The maximum absolute atomic E-state index is 11.7. The minimum Gasteiger partial charge on any atom is -0.324 e. The van der Waals surface area contributed by atoms with Gasteiger partial charge in [-0.1, -0.05) is 17.3 Å². The predicted octanol–water partition coefficient (Wildman–Crippen LogP) is 2.22. The molecule has 2 rings (SSSR count). The van der Waals surface area contributed by atoms with Gasteiger partial charge in [0.15, 0.2) is 0 Å². The summed E-state index contributed by atoms with van der Waals surface area (Å²) in [6, 6.07) is 7.43. The lowest BCUT2D eigenvalue weighted by molar-refractivity contribution is -0.116. The van der Waals surface area contributed by atoms with Crippen LogP contribution in [0.1, 0.15) is 12.8 Å². The first-order valence-corrected chi connectivity index (χ1v) is 6.16. The first-order valence-electron chi connectivity index (χ1n) is 5.63. The summed E-state index contributed by atoms with van der Waals surface area (Å²) in [7, 11) is 0. The molecule has 94 valence electrons. The molecule has 0 radical (unpaired) electrons. The van der Waals surface area contributed by atoms with Crippen LogP contribution in [0.25, 0.3) is 5.69 Å². The summed E-state index contributed by atoms with van der Waals surface area (Å²) in [5, 5.41) is 10.5. The van der Waals surface area contributed by atoms with E-state index in [1.807, 2.05) is 24.3 Å². The van der Waals surface area contributed by atoms with Crippen LogP contribution in [0.5, 0.6) is 0 Å². The van der Waals surface area contributed by atoms with Gasteiger partial charge in [0.05, 0.1) is 23.8 Å². The molecule has 5 nitrogen and oxygen atoms in total. The molecule has 18 heavy (non-hydrogen) atoms. The van der Waals surface area contributed by atoms with Gasteiger partial charge in [0, 0.05) is 12.3 Å². The Labute approximate surface area is 110 Å². The Balaban J connectivity index is 2.16. The average molecular weight is 265 g/mol. The van der Waals surface area contributed by atoms with Crippen molar-refractivity contribution in [1.82, 2.24) is 15.0 Å². The number of rotatable bonds is 5. The minimum atomic E-state index is -0.0526. The number of carbonyl (C=O) groups is 1. The van der Waals surface area contributed by atoms with Gasteiger partial charge in [0.25, 0.3) is 0 Å². The molecule has 0 bridgehead atoms. The highest BCUT2D eigenvalue weighted by Gasteiger charge is 2.07. The Kier molecular flexibility index (Phi) is 4.30. The maximum Gasteiger partial charge on any atom is 0.224 e. The third-order valence-corrected chi connectivity index (χ3v) is 2.65. The molecule has 1 heterocycles. The van der Waals surface area contributed by atoms with Crippen molar-refractivity contribution in [2.24, 2.45) is 0 Å². The number of anilines is 1. The molecule has 0 spiro atoms. The van der Waals surface area contributed by atoms with E-state index in [1.54, 1.807) is 17.1 Å². The van der Waals surface area contributed by atoms with Gasteiger partial charge in [-0.15, -0.1) is 16.7 Å². The molecule has 2 aromatic rings. The number of para-hydroxylation sites is 2. The maximum atomic E-state index is 11.7. The summed E-state index contributed by atoms with van der Waals surface area (Å²) >= 11 is 5.56. The summed E-state index contributed by atoms with van der Waals surface area (Å²) in [4.78, 5) is 11.7. The molecule has 1 aromatic heterocycles. The van der Waals surface area contributed by atoms with E-state index < -0.39 is 0 Å². The molecule has 0 saturated carbocycles. The molecule has 1 amide bonds. The van der Waals surface area contributed by atoms with Crippen molar-refractivity contribution in [3.05, 3.63) is 36.7 Å². The van der Waals surface area contributed by atoms with E-state index in [2.05, 4.69) is 15.6 Å². The molecule has 6 heteroatoms. The Bertz CT molecular complexity index is 513. The normalized spacial score (nSPS) is 10.3. The highest BCUT2D eigenvalue weighted by atomic mass is 35.5. The van der Waals surface area contributed by atoms with Crippen molar-refractivity contribution in [2.45, 2.75) is 12.8 Å². The Morgan fingerprint density at radius 2 is 2.22 bits per heavy atom. The average Bonchev–Trinajstić information content (AvgIpc) is 2.91. The van der Waals surface area contributed by atoms with Crippen LogP contribution in [0.15, 0.2) is 36.7 Å². The predicted molar refractivity (Wildman–Crippen MR) is 69.9 cm³/mol. The number of alkyl halides is 1. The van der Waals surface area contributed by atoms with Crippen molar-refractivity contribution in [2.75, 3.05) is 11.2 Å². The van der Waals surface area contributed by atoms with Gasteiger partial charge in [0.2, 0.25) is 5.91 Å². The van der Waals surface area contributed by atoms with Crippen molar-refractivity contribution in [3.8, 4) is 5.69 Å². The van der Waals surface area contributed by atoms with Gasteiger partial charge < -0.3 is 5.32 Å². The lowest BCUT2D eigenvalue weighted by atomic mass is 10.2. The van der Waals surface area contributed by atoms with Gasteiger partial charge in [-0.25, -0.2) is 4.68 Å². The molecule has 0 aliphatic rings. The van der Waals surface area contributed by atoms with E-state index in [0.717, 1.165) is 5.69 Å². The van der Waals surface area contributed by atoms with Crippen LogP contribution in [0.4, 0.5) is 5.69 Å². The second kappa shape index (κ2) is 6.16. The topological polar surface area (TPSA) is 59.8 Å². The number of nitrogens with zero attached hydrogens (tertiary/aromatic N) is 3. The van der Waals surface area contributed by atoms with Gasteiger partial charge in [-0.2, -0.15) is 0 Å². The fourth-order valence-corrected chi connectivity index (χ4v) is 1.69. The Hall–Kier alpha value is -1.88. The summed E-state index contributed by atoms with van der Waals surface area (Å²) in [6.45, 7) is 0. The van der Waals surface area contributed by atoms with Gasteiger partial charge in [-0.05, 0) is 18.6 Å². The summed E-state index contributed by atoms with van der Waals surface area (Å²) < 4.78 is 1.61. The largest absolute Gasteiger partial charge is 0.324 e. The summed E-state index contributed by atoms with van der Waals surface area (Å²) in [6.07, 6.45) is 4.39.